The fourth-order valence-corrected chi connectivity index (χ4v) is 3.30. The molecular weight excluding hydrogens is 294 g/mol. The van der Waals surface area contributed by atoms with Gasteiger partial charge in [-0.2, -0.15) is 5.26 Å². The Bertz CT molecular complexity index is 831. The van der Waals surface area contributed by atoms with Gasteiger partial charge in [-0.15, -0.1) is 0 Å². The molecule has 3 rings (SSSR count). The minimum atomic E-state index is -0.104. The van der Waals surface area contributed by atoms with Crippen molar-refractivity contribution >= 4 is 10.8 Å². The van der Waals surface area contributed by atoms with E-state index in [9.17, 15) is 5.26 Å². The molecule has 0 aliphatic rings. The summed E-state index contributed by atoms with van der Waals surface area (Å²) in [5.74, 6) is -0.159. The van der Waals surface area contributed by atoms with Crippen LogP contribution in [0.1, 0.15) is 43.4 Å². The minimum Gasteiger partial charge on any atom is -0.261 e. The van der Waals surface area contributed by atoms with E-state index in [-0.39, 0.29) is 11.8 Å². The second-order valence-electron chi connectivity index (χ2n) is 6.05. The Kier molecular flexibility index (Phi) is 5.18. The summed E-state index contributed by atoms with van der Waals surface area (Å²) in [5.41, 5.74) is 2.03. The van der Waals surface area contributed by atoms with Gasteiger partial charge in [-0.1, -0.05) is 62.2 Å². The number of unbranched alkanes of at least 4 members (excludes halogenated alkanes) is 1. The third-order valence-electron chi connectivity index (χ3n) is 4.50. The summed E-state index contributed by atoms with van der Waals surface area (Å²) >= 11 is 0. The maximum Gasteiger partial charge on any atom is 0.0674 e. The van der Waals surface area contributed by atoms with Crippen LogP contribution in [0.3, 0.4) is 0 Å². The standard InChI is InChI=1S/C21H21N3/c1-2-3-7-17(14-22)21(20-15-23-12-13-24-20)19-11-6-9-16-8-4-5-10-18(16)19/h4-6,8-13,15,17,21H,2-3,7H2,1H3. The zero-order valence-electron chi connectivity index (χ0n) is 13.9. The Hall–Kier alpha value is -2.73. The maximum absolute atomic E-state index is 9.82. The third kappa shape index (κ3) is 3.28. The molecule has 0 radical (unpaired) electrons. The Morgan fingerprint density at radius 3 is 2.67 bits per heavy atom. The zero-order chi connectivity index (χ0) is 16.8. The van der Waals surface area contributed by atoms with E-state index in [0.29, 0.717) is 0 Å². The molecule has 2 unspecified atom stereocenters. The lowest BCUT2D eigenvalue weighted by Gasteiger charge is -2.23. The van der Waals surface area contributed by atoms with Gasteiger partial charge in [0.15, 0.2) is 0 Å². The van der Waals surface area contributed by atoms with E-state index < -0.39 is 0 Å². The van der Waals surface area contributed by atoms with Gasteiger partial charge in [0.25, 0.3) is 0 Å². The molecule has 0 spiro atoms. The number of aromatic nitrogens is 2. The first-order valence-electron chi connectivity index (χ1n) is 8.48. The molecule has 2 atom stereocenters. The Balaban J connectivity index is 2.15. The van der Waals surface area contributed by atoms with E-state index in [0.717, 1.165) is 30.5 Å². The predicted molar refractivity (Wildman–Crippen MR) is 96.5 cm³/mol. The highest BCUT2D eigenvalue weighted by atomic mass is 14.8. The van der Waals surface area contributed by atoms with Gasteiger partial charge in [-0.25, -0.2) is 0 Å². The van der Waals surface area contributed by atoms with E-state index in [1.54, 1.807) is 18.6 Å². The lowest BCUT2D eigenvalue weighted by molar-refractivity contribution is 0.505. The molecule has 0 bridgehead atoms. The Morgan fingerprint density at radius 2 is 1.92 bits per heavy atom. The van der Waals surface area contributed by atoms with Crippen molar-refractivity contribution in [2.75, 3.05) is 0 Å². The molecule has 3 nitrogen and oxygen atoms in total. The summed E-state index contributed by atoms with van der Waals surface area (Å²) in [6.07, 6.45) is 8.18. The molecule has 0 amide bonds. The SMILES string of the molecule is CCCCC(C#N)C(c1cnccn1)c1cccc2ccccc12. The lowest BCUT2D eigenvalue weighted by atomic mass is 9.80. The molecule has 1 aromatic heterocycles. The van der Waals surface area contributed by atoms with Gasteiger partial charge in [-0.05, 0) is 22.8 Å². The van der Waals surface area contributed by atoms with Gasteiger partial charge < -0.3 is 0 Å². The first-order chi connectivity index (χ1) is 11.8. The summed E-state index contributed by atoms with van der Waals surface area (Å²) in [6.45, 7) is 2.16. The van der Waals surface area contributed by atoms with Gasteiger partial charge in [0.2, 0.25) is 0 Å². The first kappa shape index (κ1) is 16.1. The molecule has 0 aliphatic heterocycles. The van der Waals surface area contributed by atoms with E-state index in [4.69, 9.17) is 0 Å². The Morgan fingerprint density at radius 1 is 1.08 bits per heavy atom. The van der Waals surface area contributed by atoms with E-state index in [1.807, 2.05) is 12.1 Å². The lowest BCUT2D eigenvalue weighted by Crippen LogP contribution is -2.15. The molecule has 1 heterocycles. The number of nitriles is 1. The van der Waals surface area contributed by atoms with Gasteiger partial charge in [0.1, 0.15) is 0 Å². The monoisotopic (exact) mass is 315 g/mol. The number of rotatable bonds is 6. The van der Waals surface area contributed by atoms with Gasteiger partial charge >= 0.3 is 0 Å². The fraction of sp³-hybridized carbons (Fsp3) is 0.286. The van der Waals surface area contributed by atoms with Crippen molar-refractivity contribution in [1.29, 1.82) is 5.26 Å². The fourth-order valence-electron chi connectivity index (χ4n) is 3.30. The van der Waals surface area contributed by atoms with Crippen molar-refractivity contribution in [3.8, 4) is 6.07 Å². The van der Waals surface area contributed by atoms with Gasteiger partial charge in [0.05, 0.1) is 17.7 Å². The summed E-state index contributed by atoms with van der Waals surface area (Å²) in [5, 5.41) is 12.2. The van der Waals surface area contributed by atoms with Crippen LogP contribution < -0.4 is 0 Å². The molecule has 0 fully saturated rings. The van der Waals surface area contributed by atoms with E-state index >= 15 is 0 Å². The quantitative estimate of drug-likeness (QED) is 0.636. The predicted octanol–water partition coefficient (Wildman–Crippen LogP) is 5.09. The van der Waals surface area contributed by atoms with Crippen LogP contribution in [0.2, 0.25) is 0 Å². The third-order valence-corrected chi connectivity index (χ3v) is 4.50. The van der Waals surface area contributed by atoms with Crippen LogP contribution in [-0.4, -0.2) is 9.97 Å². The van der Waals surface area contributed by atoms with Crippen molar-refractivity contribution in [3.05, 3.63) is 72.3 Å². The smallest absolute Gasteiger partial charge is 0.0674 e. The van der Waals surface area contributed by atoms with Crippen LogP contribution in [0, 0.1) is 17.2 Å². The highest BCUT2D eigenvalue weighted by Gasteiger charge is 2.27. The van der Waals surface area contributed by atoms with Crippen molar-refractivity contribution in [1.82, 2.24) is 9.97 Å². The molecule has 120 valence electrons. The summed E-state index contributed by atoms with van der Waals surface area (Å²) in [7, 11) is 0. The molecule has 2 aromatic carbocycles. The average molecular weight is 315 g/mol. The molecule has 0 aliphatic carbocycles. The topological polar surface area (TPSA) is 49.6 Å². The van der Waals surface area contributed by atoms with Gasteiger partial charge in [0, 0.05) is 24.5 Å². The number of hydrogen-bond donors (Lipinski definition) is 0. The second-order valence-corrected chi connectivity index (χ2v) is 6.05. The molecule has 0 saturated heterocycles. The molecule has 3 aromatic rings. The summed E-state index contributed by atoms with van der Waals surface area (Å²) in [4.78, 5) is 8.76. The number of hydrogen-bond acceptors (Lipinski definition) is 3. The van der Waals surface area contributed by atoms with E-state index in [1.165, 1.54) is 10.8 Å². The second kappa shape index (κ2) is 7.70. The van der Waals surface area contributed by atoms with Crippen molar-refractivity contribution in [2.45, 2.75) is 32.1 Å². The van der Waals surface area contributed by atoms with E-state index in [2.05, 4.69) is 53.3 Å². The molecule has 0 saturated carbocycles. The normalized spacial score (nSPS) is 13.3. The number of nitrogens with zero attached hydrogens (tertiary/aromatic N) is 3. The van der Waals surface area contributed by atoms with Crippen molar-refractivity contribution < 1.29 is 0 Å². The number of fused-ring (bicyclic) bond motifs is 1. The molecule has 0 N–H and O–H groups in total. The molecule has 24 heavy (non-hydrogen) atoms. The van der Waals surface area contributed by atoms with Crippen LogP contribution >= 0.6 is 0 Å². The van der Waals surface area contributed by atoms with Crippen LogP contribution in [0.5, 0.6) is 0 Å². The molecule has 3 heteroatoms. The van der Waals surface area contributed by atoms with Crippen LogP contribution in [0.15, 0.2) is 61.1 Å². The Labute approximate surface area is 143 Å². The number of benzene rings is 2. The van der Waals surface area contributed by atoms with Crippen molar-refractivity contribution in [3.63, 3.8) is 0 Å². The highest BCUT2D eigenvalue weighted by molar-refractivity contribution is 5.86. The first-order valence-corrected chi connectivity index (χ1v) is 8.48. The van der Waals surface area contributed by atoms with Crippen LogP contribution in [-0.2, 0) is 0 Å². The maximum atomic E-state index is 9.82. The largest absolute Gasteiger partial charge is 0.261 e. The summed E-state index contributed by atoms with van der Waals surface area (Å²) in [6, 6.07) is 17.2. The van der Waals surface area contributed by atoms with Crippen LogP contribution in [0.25, 0.3) is 10.8 Å². The zero-order valence-corrected chi connectivity index (χ0v) is 13.9. The van der Waals surface area contributed by atoms with Crippen LogP contribution in [0.4, 0.5) is 0 Å². The minimum absolute atomic E-state index is 0.0543. The highest BCUT2D eigenvalue weighted by Crippen LogP contribution is 2.37. The van der Waals surface area contributed by atoms with Crippen molar-refractivity contribution in [2.24, 2.45) is 5.92 Å². The summed E-state index contributed by atoms with van der Waals surface area (Å²) < 4.78 is 0. The van der Waals surface area contributed by atoms with Gasteiger partial charge in [-0.3, -0.25) is 9.97 Å². The molecular formula is C21H21N3. The average Bonchev–Trinajstić information content (AvgIpc) is 2.65.